The first-order chi connectivity index (χ1) is 19.4. The van der Waals surface area contributed by atoms with E-state index in [1.165, 1.54) is 0 Å². The van der Waals surface area contributed by atoms with Gasteiger partial charge in [0.1, 0.15) is 6.23 Å². The van der Waals surface area contributed by atoms with Gasteiger partial charge in [-0.25, -0.2) is 4.79 Å². The molecule has 8 rings (SSSR count). The molecule has 5 aromatic rings. The summed E-state index contributed by atoms with van der Waals surface area (Å²) in [6, 6.07) is 16.0. The van der Waals surface area contributed by atoms with Gasteiger partial charge in [0.25, 0.3) is 5.91 Å². The molecule has 3 aliphatic rings. The molecule has 0 radical (unpaired) electrons. The van der Waals surface area contributed by atoms with Crippen LogP contribution in [0.1, 0.15) is 68.1 Å². The third kappa shape index (κ3) is 2.73. The van der Waals surface area contributed by atoms with Crippen LogP contribution in [-0.2, 0) is 26.5 Å². The van der Waals surface area contributed by atoms with E-state index in [9.17, 15) is 14.7 Å². The maximum Gasteiger partial charge on any atom is 0.343 e. The predicted molar refractivity (Wildman–Crippen MR) is 152 cm³/mol. The van der Waals surface area contributed by atoms with E-state index in [0.29, 0.717) is 12.1 Å². The number of benzene rings is 3. The van der Waals surface area contributed by atoms with E-state index in [1.54, 1.807) is 6.92 Å². The molecule has 1 saturated heterocycles. The number of unbranched alkanes of at least 4 members (excludes halogenated alkanes) is 3. The zero-order chi connectivity index (χ0) is 27.4. The number of hydrogen-bond donors (Lipinski definition) is 2. The Bertz CT molecular complexity index is 1920. The SMILES string of the molecule is CCCCCCOC(=O)[C@@]1(O)CC2OC1(C)n1c3ccccc3c3c4c(c5c6ccccc6n2c5c31)C(=O)NC4. The number of amides is 1. The van der Waals surface area contributed by atoms with Gasteiger partial charge in [0.05, 0.1) is 34.2 Å². The van der Waals surface area contributed by atoms with Crippen LogP contribution in [0.3, 0.4) is 0 Å². The predicted octanol–water partition coefficient (Wildman–Crippen LogP) is 5.61. The second kappa shape index (κ2) is 8.08. The van der Waals surface area contributed by atoms with E-state index >= 15 is 0 Å². The van der Waals surface area contributed by atoms with E-state index in [0.717, 1.165) is 74.9 Å². The highest BCUT2D eigenvalue weighted by Crippen LogP contribution is 2.57. The van der Waals surface area contributed by atoms with Crippen LogP contribution in [0, 0.1) is 0 Å². The quantitative estimate of drug-likeness (QED) is 0.217. The molecule has 2 aromatic heterocycles. The summed E-state index contributed by atoms with van der Waals surface area (Å²) < 4.78 is 16.7. The molecule has 1 amide bonds. The van der Waals surface area contributed by atoms with Crippen LogP contribution in [0.15, 0.2) is 48.5 Å². The number of carbonyl (C=O) groups is 2. The minimum atomic E-state index is -1.93. The van der Waals surface area contributed by atoms with E-state index in [-0.39, 0.29) is 18.9 Å². The number of rotatable bonds is 6. The first-order valence-corrected chi connectivity index (χ1v) is 14.3. The van der Waals surface area contributed by atoms with Gasteiger partial charge in [-0.2, -0.15) is 0 Å². The average molecular weight is 538 g/mol. The lowest BCUT2D eigenvalue weighted by Crippen LogP contribution is -2.56. The fourth-order valence-electron chi connectivity index (χ4n) is 7.53. The lowest BCUT2D eigenvalue weighted by molar-refractivity contribution is -0.204. The molecular formula is C32H31N3O5. The molecule has 2 N–H and O–H groups in total. The summed E-state index contributed by atoms with van der Waals surface area (Å²) in [7, 11) is 0. The largest absolute Gasteiger partial charge is 0.463 e. The second-order valence-electron chi connectivity index (χ2n) is 11.5. The number of esters is 1. The second-order valence-corrected chi connectivity index (χ2v) is 11.5. The van der Waals surface area contributed by atoms with Crippen molar-refractivity contribution in [2.45, 2.75) is 70.1 Å². The molecule has 8 nitrogen and oxygen atoms in total. The summed E-state index contributed by atoms with van der Waals surface area (Å²) in [5, 5.41) is 19.2. The van der Waals surface area contributed by atoms with E-state index in [4.69, 9.17) is 9.47 Å². The number of ether oxygens (including phenoxy) is 2. The summed E-state index contributed by atoms with van der Waals surface area (Å²) >= 11 is 0. The van der Waals surface area contributed by atoms with E-state index < -0.39 is 23.5 Å². The van der Waals surface area contributed by atoms with Crippen LogP contribution in [0.4, 0.5) is 0 Å². The highest BCUT2D eigenvalue weighted by Gasteiger charge is 2.66. The first-order valence-electron chi connectivity index (χ1n) is 14.3. The van der Waals surface area contributed by atoms with Gasteiger partial charge in [-0.05, 0) is 31.0 Å². The van der Waals surface area contributed by atoms with Gasteiger partial charge in [0, 0.05) is 34.5 Å². The fraction of sp³-hybridized carbons (Fsp3) is 0.375. The topological polar surface area (TPSA) is 94.7 Å². The Balaban J connectivity index is 1.47. The van der Waals surface area contributed by atoms with Crippen molar-refractivity contribution in [2.75, 3.05) is 6.61 Å². The number of fused-ring (bicyclic) bond motifs is 13. The molecule has 5 heterocycles. The van der Waals surface area contributed by atoms with Crippen LogP contribution < -0.4 is 5.32 Å². The minimum absolute atomic E-state index is 0.0296. The third-order valence-corrected chi connectivity index (χ3v) is 9.40. The third-order valence-electron chi connectivity index (χ3n) is 9.40. The number of hydrogen-bond acceptors (Lipinski definition) is 5. The van der Waals surface area contributed by atoms with Gasteiger partial charge in [0.15, 0.2) is 5.72 Å². The van der Waals surface area contributed by atoms with Gasteiger partial charge in [-0.15, -0.1) is 0 Å². The normalized spacial score (nSPS) is 24.9. The van der Waals surface area contributed by atoms with Crippen molar-refractivity contribution in [3.05, 3.63) is 59.7 Å². The highest BCUT2D eigenvalue weighted by atomic mass is 16.6. The molecular weight excluding hydrogens is 506 g/mol. The Hall–Kier alpha value is -3.88. The Morgan fingerprint density at radius 3 is 2.55 bits per heavy atom. The number of aromatic nitrogens is 2. The van der Waals surface area contributed by atoms with Gasteiger partial charge >= 0.3 is 5.97 Å². The fourth-order valence-corrected chi connectivity index (χ4v) is 7.53. The maximum atomic E-state index is 13.8. The van der Waals surface area contributed by atoms with Crippen molar-refractivity contribution < 1.29 is 24.2 Å². The molecule has 3 aromatic carbocycles. The Morgan fingerprint density at radius 1 is 1.05 bits per heavy atom. The van der Waals surface area contributed by atoms with Crippen molar-refractivity contribution in [3.8, 4) is 0 Å². The van der Waals surface area contributed by atoms with Crippen LogP contribution >= 0.6 is 0 Å². The van der Waals surface area contributed by atoms with Crippen molar-refractivity contribution >= 4 is 55.5 Å². The van der Waals surface area contributed by atoms with Crippen molar-refractivity contribution in [2.24, 2.45) is 0 Å². The molecule has 3 aliphatic heterocycles. The Kier molecular flexibility index (Phi) is 4.84. The van der Waals surface area contributed by atoms with E-state index in [2.05, 4.69) is 16.8 Å². The van der Waals surface area contributed by atoms with Gasteiger partial charge < -0.3 is 29.0 Å². The van der Waals surface area contributed by atoms with E-state index in [1.807, 2.05) is 53.1 Å². The van der Waals surface area contributed by atoms with Crippen LogP contribution in [-0.4, -0.2) is 38.3 Å². The summed E-state index contributed by atoms with van der Waals surface area (Å²) in [5.74, 6) is -0.740. The lowest BCUT2D eigenvalue weighted by Gasteiger charge is -2.37. The molecule has 0 aliphatic carbocycles. The van der Waals surface area contributed by atoms with Crippen LogP contribution in [0.25, 0.3) is 43.6 Å². The van der Waals surface area contributed by atoms with Crippen LogP contribution in [0.2, 0.25) is 0 Å². The summed E-state index contributed by atoms with van der Waals surface area (Å²) in [6.07, 6.45) is 3.28. The molecule has 204 valence electrons. The Labute approximate surface area is 230 Å². The number of para-hydroxylation sites is 2. The summed E-state index contributed by atoms with van der Waals surface area (Å²) in [4.78, 5) is 27.1. The smallest absolute Gasteiger partial charge is 0.343 e. The number of carbonyl (C=O) groups excluding carboxylic acids is 2. The minimum Gasteiger partial charge on any atom is -0.463 e. The van der Waals surface area contributed by atoms with Crippen molar-refractivity contribution in [1.82, 2.24) is 14.5 Å². The van der Waals surface area contributed by atoms with Crippen molar-refractivity contribution in [1.29, 1.82) is 0 Å². The average Bonchev–Trinajstić information content (AvgIpc) is 3.65. The molecule has 8 heteroatoms. The molecule has 1 fully saturated rings. The molecule has 2 unspecified atom stereocenters. The molecule has 0 spiro atoms. The highest BCUT2D eigenvalue weighted by molar-refractivity contribution is 6.31. The molecule has 0 saturated carbocycles. The monoisotopic (exact) mass is 537 g/mol. The number of nitrogens with one attached hydrogen (secondary N) is 1. The Morgan fingerprint density at radius 2 is 1.77 bits per heavy atom. The zero-order valence-electron chi connectivity index (χ0n) is 22.6. The maximum absolute atomic E-state index is 13.8. The summed E-state index contributed by atoms with van der Waals surface area (Å²) in [6.45, 7) is 4.61. The van der Waals surface area contributed by atoms with Gasteiger partial charge in [-0.1, -0.05) is 62.6 Å². The molecule has 2 bridgehead atoms. The lowest BCUT2D eigenvalue weighted by atomic mass is 9.88. The standard InChI is InChI=1S/C32H31N3O5/c1-3-4-5-10-15-39-30(37)32(38)16-23-34-21-13-8-6-11-18(21)25-26-20(17-33-29(26)36)24-19-12-7-9-14-22(19)35(28(24)27(25)34)31(32,2)40-23/h6-9,11-14,23,38H,3-5,10,15-17H2,1-2H3,(H,33,36)/t23?,31?,32-/m0/s1. The summed E-state index contributed by atoms with van der Waals surface area (Å²) in [5.41, 5.74) is 1.75. The van der Waals surface area contributed by atoms with Crippen molar-refractivity contribution in [3.63, 3.8) is 0 Å². The van der Waals surface area contributed by atoms with Crippen LogP contribution in [0.5, 0.6) is 0 Å². The zero-order valence-corrected chi connectivity index (χ0v) is 22.6. The van der Waals surface area contributed by atoms with Gasteiger partial charge in [0.2, 0.25) is 5.60 Å². The number of nitrogens with zero attached hydrogens (tertiary/aromatic N) is 2. The molecule has 3 atom stereocenters. The first kappa shape index (κ1) is 24.0. The van der Waals surface area contributed by atoms with Gasteiger partial charge in [-0.3, -0.25) is 4.79 Å². The number of aliphatic hydroxyl groups is 1. The molecule has 40 heavy (non-hydrogen) atoms.